The third kappa shape index (κ3) is 2.38. The third-order valence-electron chi connectivity index (χ3n) is 5.95. The molecule has 0 amide bonds. The zero-order chi connectivity index (χ0) is 19.7. The summed E-state index contributed by atoms with van der Waals surface area (Å²) in [5.41, 5.74) is -2.38. The van der Waals surface area contributed by atoms with E-state index in [0.29, 0.717) is 0 Å². The van der Waals surface area contributed by atoms with Crippen molar-refractivity contribution < 1.29 is 43.6 Å². The molecular weight excluding hydrogens is 360 g/mol. The van der Waals surface area contributed by atoms with Crippen molar-refractivity contribution in [2.24, 2.45) is 23.7 Å². The maximum absolute atomic E-state index is 12.7. The van der Waals surface area contributed by atoms with Crippen LogP contribution in [0.2, 0.25) is 0 Å². The fourth-order valence-corrected chi connectivity index (χ4v) is 4.70. The lowest BCUT2D eigenvalue weighted by atomic mass is 9.75. The van der Waals surface area contributed by atoms with E-state index in [1.807, 2.05) is 0 Å². The van der Waals surface area contributed by atoms with Crippen LogP contribution in [0, 0.1) is 23.7 Å². The Kier molecular flexibility index (Phi) is 3.64. The zero-order valence-corrected chi connectivity index (χ0v) is 14.5. The number of rotatable bonds is 4. The fraction of sp³-hybridized carbons (Fsp3) is 0.556. The molecule has 0 saturated carbocycles. The topological polar surface area (TPSA) is 136 Å². The molecule has 9 heteroatoms. The molecule has 27 heavy (non-hydrogen) atoms. The summed E-state index contributed by atoms with van der Waals surface area (Å²) >= 11 is 0. The van der Waals surface area contributed by atoms with Crippen LogP contribution in [-0.4, -0.2) is 57.5 Å². The lowest BCUT2D eigenvalue weighted by Crippen LogP contribution is -2.47. The van der Waals surface area contributed by atoms with Gasteiger partial charge in [0.25, 0.3) is 0 Å². The highest BCUT2D eigenvalue weighted by Crippen LogP contribution is 2.49. The van der Waals surface area contributed by atoms with Crippen molar-refractivity contribution in [2.45, 2.75) is 37.3 Å². The molecule has 0 aromatic carbocycles. The van der Waals surface area contributed by atoms with Gasteiger partial charge in [0.2, 0.25) is 0 Å². The average Bonchev–Trinajstić information content (AvgIpc) is 3.27. The summed E-state index contributed by atoms with van der Waals surface area (Å²) in [7, 11) is 0. The Morgan fingerprint density at radius 1 is 0.815 bits per heavy atom. The minimum Gasteiger partial charge on any atom is -0.481 e. The molecular formula is C18H18O9. The Hall–Kier alpha value is -2.52. The molecule has 0 spiro atoms. The number of hydrogen-bond acceptors (Lipinski definition) is 7. The monoisotopic (exact) mass is 378 g/mol. The number of fused-ring (bicyclic) bond motifs is 4. The van der Waals surface area contributed by atoms with Crippen molar-refractivity contribution >= 4 is 23.9 Å². The Morgan fingerprint density at radius 2 is 1.19 bits per heavy atom. The van der Waals surface area contributed by atoms with Gasteiger partial charge in [-0.25, -0.2) is 0 Å². The minimum absolute atomic E-state index is 0.779. The first-order chi connectivity index (χ1) is 12.6. The molecule has 4 bridgehead atoms. The number of ether oxygens (including phenoxy) is 3. The largest absolute Gasteiger partial charge is 0.481 e. The number of aliphatic carboxylic acids is 2. The molecule has 144 valence electrons. The average molecular weight is 378 g/mol. The molecule has 4 heterocycles. The van der Waals surface area contributed by atoms with E-state index in [2.05, 4.69) is 0 Å². The quantitative estimate of drug-likeness (QED) is 0.398. The molecule has 8 atom stereocenters. The van der Waals surface area contributed by atoms with Crippen LogP contribution < -0.4 is 0 Å². The third-order valence-corrected chi connectivity index (χ3v) is 5.95. The molecule has 4 aliphatic heterocycles. The second-order valence-corrected chi connectivity index (χ2v) is 7.67. The second-order valence-electron chi connectivity index (χ2n) is 7.67. The summed E-state index contributed by atoms with van der Waals surface area (Å²) < 4.78 is 16.1. The number of carboxylic acid groups (broad SMARTS) is 2. The van der Waals surface area contributed by atoms with Crippen LogP contribution in [0.15, 0.2) is 24.3 Å². The van der Waals surface area contributed by atoms with Gasteiger partial charge < -0.3 is 24.4 Å². The number of carbonyl (C=O) groups excluding carboxylic acids is 2. The van der Waals surface area contributed by atoms with Gasteiger partial charge in [-0.3, -0.25) is 19.2 Å². The molecule has 0 aromatic heterocycles. The van der Waals surface area contributed by atoms with Crippen molar-refractivity contribution in [1.82, 2.24) is 0 Å². The number of carbonyl (C=O) groups is 4. The van der Waals surface area contributed by atoms with Crippen molar-refractivity contribution in [2.75, 3.05) is 0 Å². The van der Waals surface area contributed by atoms with Crippen LogP contribution in [-0.2, 0) is 33.4 Å². The molecule has 2 fully saturated rings. The van der Waals surface area contributed by atoms with Crippen LogP contribution in [0.25, 0.3) is 0 Å². The van der Waals surface area contributed by atoms with Crippen LogP contribution in [0.3, 0.4) is 0 Å². The van der Waals surface area contributed by atoms with E-state index in [1.165, 1.54) is 0 Å². The molecule has 0 radical (unpaired) electrons. The predicted octanol–water partition coefficient (Wildman–Crippen LogP) is 0.145. The molecule has 2 N–H and O–H groups in total. The smallest absolute Gasteiger partial charge is 0.320 e. The number of esters is 2. The molecule has 8 unspecified atom stereocenters. The summed E-state index contributed by atoms with van der Waals surface area (Å²) in [4.78, 5) is 48.5. The molecule has 4 aliphatic rings. The first-order valence-electron chi connectivity index (χ1n) is 8.53. The van der Waals surface area contributed by atoms with Gasteiger partial charge in [-0.05, 0) is 13.8 Å². The summed E-state index contributed by atoms with van der Waals surface area (Å²) in [6.07, 6.45) is 4.74. The van der Waals surface area contributed by atoms with E-state index in [9.17, 15) is 29.4 Å². The van der Waals surface area contributed by atoms with Gasteiger partial charge in [-0.15, -0.1) is 0 Å². The number of hydrogen-bond donors (Lipinski definition) is 2. The summed E-state index contributed by atoms with van der Waals surface area (Å²) in [6.45, 7) is 3.10. The van der Waals surface area contributed by atoms with Crippen LogP contribution in [0.5, 0.6) is 0 Å². The van der Waals surface area contributed by atoms with Gasteiger partial charge >= 0.3 is 23.9 Å². The Labute approximate surface area is 153 Å². The van der Waals surface area contributed by atoms with Gasteiger partial charge in [-0.2, -0.15) is 0 Å². The normalized spacial score (nSPS) is 46.0. The first kappa shape index (κ1) is 17.9. The van der Waals surface area contributed by atoms with Crippen molar-refractivity contribution in [3.63, 3.8) is 0 Å². The summed E-state index contributed by atoms with van der Waals surface area (Å²) in [5, 5.41) is 18.9. The van der Waals surface area contributed by atoms with Gasteiger partial charge in [0.1, 0.15) is 23.7 Å². The van der Waals surface area contributed by atoms with Gasteiger partial charge in [-0.1, -0.05) is 24.3 Å². The van der Waals surface area contributed by atoms with Crippen LogP contribution in [0.1, 0.15) is 13.8 Å². The summed E-state index contributed by atoms with van der Waals surface area (Å²) in [6, 6.07) is 0. The van der Waals surface area contributed by atoms with E-state index in [1.54, 1.807) is 38.2 Å². The Bertz CT molecular complexity index is 748. The molecule has 0 aromatic rings. The number of carboxylic acids is 2. The van der Waals surface area contributed by atoms with Gasteiger partial charge in [0.05, 0.1) is 23.4 Å². The lowest BCUT2D eigenvalue weighted by Gasteiger charge is -2.29. The molecule has 2 saturated heterocycles. The fourth-order valence-electron chi connectivity index (χ4n) is 4.70. The molecule has 0 aliphatic carbocycles. The summed E-state index contributed by atoms with van der Waals surface area (Å²) in [5.74, 6) is -9.32. The highest BCUT2D eigenvalue weighted by atomic mass is 16.6. The molecule has 9 nitrogen and oxygen atoms in total. The Balaban J connectivity index is 1.57. The standard InChI is InChI=1S/C18H18O9/c1-17-5-3-7(26-17)9(13(19)20)11(17)15(23)25-16(24)12-10(14(21)22)8-4-6-18(12,2)27-8/h3-12H,1-2H3,(H,19,20)(H,21,22). The van der Waals surface area contributed by atoms with E-state index in [4.69, 9.17) is 14.2 Å². The van der Waals surface area contributed by atoms with E-state index in [-0.39, 0.29) is 0 Å². The maximum Gasteiger partial charge on any atom is 0.320 e. The lowest BCUT2D eigenvalue weighted by molar-refractivity contribution is -0.174. The molecule has 4 rings (SSSR count). The van der Waals surface area contributed by atoms with Gasteiger partial charge in [0.15, 0.2) is 0 Å². The van der Waals surface area contributed by atoms with Crippen LogP contribution in [0.4, 0.5) is 0 Å². The van der Waals surface area contributed by atoms with Crippen molar-refractivity contribution in [3.05, 3.63) is 24.3 Å². The second kappa shape index (κ2) is 5.49. The van der Waals surface area contributed by atoms with E-state index >= 15 is 0 Å². The first-order valence-corrected chi connectivity index (χ1v) is 8.53. The highest BCUT2D eigenvalue weighted by molar-refractivity contribution is 5.94. The van der Waals surface area contributed by atoms with Crippen LogP contribution >= 0.6 is 0 Å². The van der Waals surface area contributed by atoms with E-state index < -0.39 is 71.0 Å². The predicted molar refractivity (Wildman–Crippen MR) is 85.2 cm³/mol. The maximum atomic E-state index is 12.7. The Morgan fingerprint density at radius 3 is 1.52 bits per heavy atom. The zero-order valence-electron chi connectivity index (χ0n) is 14.5. The SMILES string of the molecule is CC12C=CC(O1)C(C(=O)O)C2C(=O)OC(=O)C1C(C(=O)O)C2C=CC1(C)O2. The highest BCUT2D eigenvalue weighted by Gasteiger charge is 2.63. The van der Waals surface area contributed by atoms with E-state index in [0.717, 1.165) is 0 Å². The van der Waals surface area contributed by atoms with Gasteiger partial charge in [0, 0.05) is 0 Å². The van der Waals surface area contributed by atoms with Crippen molar-refractivity contribution in [3.8, 4) is 0 Å². The van der Waals surface area contributed by atoms with Crippen molar-refractivity contribution in [1.29, 1.82) is 0 Å². The minimum atomic E-state index is -1.23.